The Kier molecular flexibility index (Phi) is 28.6. The zero-order valence-corrected chi connectivity index (χ0v) is 19.6. The maximum Gasteiger partial charge on any atom is 2.00 e. The van der Waals surface area contributed by atoms with Crippen molar-refractivity contribution in [2.24, 2.45) is 0 Å². The summed E-state index contributed by atoms with van der Waals surface area (Å²) in [6, 6.07) is 0. The molecule has 0 amide bonds. The molecule has 22 heteroatoms. The van der Waals surface area contributed by atoms with Gasteiger partial charge in [-0.1, -0.05) is 0 Å². The third-order valence-corrected chi connectivity index (χ3v) is 0. The third-order valence-electron chi connectivity index (χ3n) is 0. The van der Waals surface area contributed by atoms with Crippen molar-refractivity contribution in [2.45, 2.75) is 0 Å². The van der Waals surface area contributed by atoms with Crippen LogP contribution in [0.25, 0.3) is 0 Å². The predicted molar refractivity (Wildman–Crippen MR) is 48.2 cm³/mol. The van der Waals surface area contributed by atoms with Crippen LogP contribution >= 0.6 is 31.3 Å². The van der Waals surface area contributed by atoms with Gasteiger partial charge in [0.1, 0.15) is 0 Å². The summed E-state index contributed by atoms with van der Waals surface area (Å²) in [5.41, 5.74) is 0. The second-order valence-corrected chi connectivity index (χ2v) is 5.89. The summed E-state index contributed by atoms with van der Waals surface area (Å²) in [6.07, 6.45) is 0. The molecule has 0 atom stereocenters. The van der Waals surface area contributed by atoms with Gasteiger partial charge in [-0.15, -0.1) is 0 Å². The summed E-state index contributed by atoms with van der Waals surface area (Å²) in [5.74, 6) is 0. The maximum atomic E-state index is 8.77. The van der Waals surface area contributed by atoms with E-state index in [0.29, 0.717) is 0 Å². The van der Waals surface area contributed by atoms with E-state index in [1.807, 2.05) is 0 Å². The summed E-state index contributed by atoms with van der Waals surface area (Å²) >= 11 is 0. The fraction of sp³-hybridized carbons (Fsp3) is 0. The monoisotopic (exact) mass is 516 g/mol. The standard InChI is InChI=1S/4H3O4P.2Zn/c4*1-5(2,3)4;;/h4*(H3,1,2,3,4);;/q;;;;2*+2/p-4. The van der Waals surface area contributed by atoms with E-state index < -0.39 is 31.3 Å². The van der Waals surface area contributed by atoms with Crippen LogP contribution in [0.2, 0.25) is 0 Å². The van der Waals surface area contributed by atoms with E-state index in [1.54, 1.807) is 0 Å². The minimum atomic E-state index is -4.89. The zero-order valence-electron chi connectivity index (χ0n) is 10.0. The van der Waals surface area contributed by atoms with Crippen LogP contribution in [0.3, 0.4) is 0 Å². The van der Waals surface area contributed by atoms with Gasteiger partial charge in [0, 0.05) is 0 Å². The molecule has 0 radical (unpaired) electrons. The molecule has 128 valence electrons. The molecule has 0 aliphatic heterocycles. The van der Waals surface area contributed by atoms with Crippen molar-refractivity contribution in [2.75, 3.05) is 0 Å². The van der Waals surface area contributed by atoms with Crippen LogP contribution in [0, 0.1) is 0 Å². The van der Waals surface area contributed by atoms with Crippen LogP contribution in [0.4, 0.5) is 0 Å². The summed E-state index contributed by atoms with van der Waals surface area (Å²) in [4.78, 5) is 91.7. The maximum absolute atomic E-state index is 8.77. The molecule has 0 saturated carbocycles. The first-order valence-electron chi connectivity index (χ1n) is 3.06. The van der Waals surface area contributed by atoms with Gasteiger partial charge in [-0.25, -0.2) is 0 Å². The van der Waals surface area contributed by atoms with Gasteiger partial charge in [-0.2, -0.15) is 0 Å². The molecule has 8 N–H and O–H groups in total. The van der Waals surface area contributed by atoms with Gasteiger partial charge in [0.25, 0.3) is 31.3 Å². The van der Waals surface area contributed by atoms with Crippen LogP contribution < -0.4 is 19.6 Å². The van der Waals surface area contributed by atoms with Crippen molar-refractivity contribution in [3.05, 3.63) is 0 Å². The molecular formula is H8O16P4Zn2. The molecule has 0 unspecified atom stereocenters. The summed E-state index contributed by atoms with van der Waals surface area (Å²) in [6.45, 7) is 0. The molecule has 16 nitrogen and oxygen atoms in total. The molecule has 0 saturated heterocycles. The molecule has 0 rings (SSSR count). The van der Waals surface area contributed by atoms with Crippen LogP contribution in [0.1, 0.15) is 0 Å². The van der Waals surface area contributed by atoms with E-state index >= 15 is 0 Å². The van der Waals surface area contributed by atoms with Crippen molar-refractivity contribution in [3.63, 3.8) is 0 Å². The predicted octanol–water partition coefficient (Wildman–Crippen LogP) is -6.25. The van der Waals surface area contributed by atoms with E-state index in [1.165, 1.54) is 0 Å². The normalized spacial score (nSPS) is 10.7. The molecule has 0 spiro atoms. The van der Waals surface area contributed by atoms with Crippen molar-refractivity contribution in [3.8, 4) is 0 Å². The topological polar surface area (TPSA) is 322 Å². The molecule has 0 fully saturated rings. The van der Waals surface area contributed by atoms with Crippen LogP contribution in [0.5, 0.6) is 0 Å². The average molecular weight is 519 g/mol. The van der Waals surface area contributed by atoms with Crippen molar-refractivity contribution < 1.29 is 116 Å². The average Bonchev–Trinajstić information content (AvgIpc) is 1.62. The van der Waals surface area contributed by atoms with Gasteiger partial charge in [0.15, 0.2) is 0 Å². The van der Waals surface area contributed by atoms with Crippen molar-refractivity contribution in [1.29, 1.82) is 0 Å². The molecule has 0 aromatic heterocycles. The SMILES string of the molecule is O=P([O-])(O)O.O=P([O-])(O)O.O=P([O-])(O)O.O=P([O-])(O)O.[Zn+2].[Zn+2]. The Bertz CT molecular complexity index is 289. The van der Waals surface area contributed by atoms with Crippen molar-refractivity contribution in [1.82, 2.24) is 0 Å². The molecule has 0 heterocycles. The van der Waals surface area contributed by atoms with Crippen molar-refractivity contribution >= 4 is 31.3 Å². The van der Waals surface area contributed by atoms with Gasteiger partial charge in [0.05, 0.1) is 0 Å². The molecule has 0 aromatic rings. The number of hydrogen-bond donors (Lipinski definition) is 8. The van der Waals surface area contributed by atoms with E-state index in [4.69, 9.17) is 77.0 Å². The summed E-state index contributed by atoms with van der Waals surface area (Å²) in [7, 11) is -19.6. The number of hydrogen-bond acceptors (Lipinski definition) is 8. The van der Waals surface area contributed by atoms with Gasteiger partial charge in [0.2, 0.25) is 0 Å². The molecule has 0 aliphatic rings. The van der Waals surface area contributed by atoms with Gasteiger partial charge < -0.3 is 58.7 Å². The molecule has 0 bridgehead atoms. The second kappa shape index (κ2) is 16.2. The third kappa shape index (κ3) is 3260. The Morgan fingerprint density at radius 1 is 0.409 bits per heavy atom. The number of phosphoric acid groups is 4. The second-order valence-electron chi connectivity index (χ2n) is 1.96. The van der Waals surface area contributed by atoms with Crippen LogP contribution in [-0.2, 0) is 57.2 Å². The molecule has 22 heavy (non-hydrogen) atoms. The minimum absolute atomic E-state index is 0. The Labute approximate surface area is 147 Å². The van der Waals surface area contributed by atoms with E-state index in [9.17, 15) is 0 Å². The van der Waals surface area contributed by atoms with Crippen LogP contribution in [-0.4, -0.2) is 39.1 Å². The zero-order chi connectivity index (χ0) is 18.0. The Morgan fingerprint density at radius 2 is 0.409 bits per heavy atom. The largest absolute Gasteiger partial charge is 2.00 e. The Morgan fingerprint density at radius 3 is 0.409 bits per heavy atom. The van der Waals surface area contributed by atoms with Gasteiger partial charge >= 0.3 is 39.0 Å². The summed E-state index contributed by atoms with van der Waals surface area (Å²) in [5, 5.41) is 0. The molecular weight excluding hydrogens is 511 g/mol. The Balaban J connectivity index is -0.0000000376. The Hall–Kier alpha value is 1.69. The van der Waals surface area contributed by atoms with Crippen LogP contribution in [0.15, 0.2) is 0 Å². The quantitative estimate of drug-likeness (QED) is 0.109. The smallest absolute Gasteiger partial charge is 0.756 e. The van der Waals surface area contributed by atoms with Gasteiger partial charge in [-0.05, 0) is 0 Å². The number of rotatable bonds is 0. The van der Waals surface area contributed by atoms with E-state index in [2.05, 4.69) is 0 Å². The first-order valence-corrected chi connectivity index (χ1v) is 9.18. The summed E-state index contributed by atoms with van der Waals surface area (Å²) < 4.78 is 35.1. The fourth-order valence-corrected chi connectivity index (χ4v) is 0. The van der Waals surface area contributed by atoms with E-state index in [0.717, 1.165) is 0 Å². The molecule has 0 aromatic carbocycles. The first kappa shape index (κ1) is 39.0. The fourth-order valence-electron chi connectivity index (χ4n) is 0. The van der Waals surface area contributed by atoms with E-state index in [-0.39, 0.29) is 39.0 Å². The first-order chi connectivity index (χ1) is 8.00. The molecule has 0 aliphatic carbocycles. The van der Waals surface area contributed by atoms with Gasteiger partial charge in [-0.3, -0.25) is 18.3 Å². The minimum Gasteiger partial charge on any atom is -0.756 e.